The Balaban J connectivity index is 1.90. The van der Waals surface area contributed by atoms with Crippen molar-refractivity contribution < 1.29 is 13.2 Å². The Hall–Kier alpha value is -1.48. The Morgan fingerprint density at radius 1 is 1.38 bits per heavy atom. The van der Waals surface area contributed by atoms with Crippen LogP contribution < -0.4 is 5.32 Å². The highest BCUT2D eigenvalue weighted by atomic mass is 35.5. The van der Waals surface area contributed by atoms with Gasteiger partial charge in [0.15, 0.2) is 5.13 Å². The number of aryl methyl sites for hydroxylation is 1. The number of carbonyl (C=O) groups excluding carboxylic acids is 1. The number of amides is 1. The molecule has 0 radical (unpaired) electrons. The van der Waals surface area contributed by atoms with Gasteiger partial charge in [-0.1, -0.05) is 35.4 Å². The van der Waals surface area contributed by atoms with Crippen molar-refractivity contribution in [2.45, 2.75) is 44.0 Å². The maximum absolute atomic E-state index is 13.0. The summed E-state index contributed by atoms with van der Waals surface area (Å²) in [5, 5.41) is 3.03. The normalized spacial score (nSPS) is 18.7. The summed E-state index contributed by atoms with van der Waals surface area (Å²) in [4.78, 5) is 16.7. The van der Waals surface area contributed by atoms with Crippen LogP contribution in [-0.2, 0) is 10.0 Å². The van der Waals surface area contributed by atoms with E-state index >= 15 is 0 Å². The van der Waals surface area contributed by atoms with Gasteiger partial charge in [0.2, 0.25) is 10.0 Å². The van der Waals surface area contributed by atoms with Crippen molar-refractivity contribution in [1.29, 1.82) is 0 Å². The van der Waals surface area contributed by atoms with Crippen molar-refractivity contribution in [2.24, 2.45) is 0 Å². The Morgan fingerprint density at radius 3 is 2.81 bits per heavy atom. The van der Waals surface area contributed by atoms with E-state index in [1.54, 1.807) is 19.1 Å². The number of hydrogen-bond acceptors (Lipinski definition) is 5. The molecule has 1 aliphatic heterocycles. The van der Waals surface area contributed by atoms with Crippen molar-refractivity contribution in [3.05, 3.63) is 39.9 Å². The van der Waals surface area contributed by atoms with Crippen LogP contribution in [0.5, 0.6) is 0 Å². The number of piperidine rings is 1. The second-order valence-corrected chi connectivity index (χ2v) is 9.91. The summed E-state index contributed by atoms with van der Waals surface area (Å²) in [6, 6.07) is 4.62. The van der Waals surface area contributed by atoms with Crippen molar-refractivity contribution >= 4 is 44.0 Å². The number of hydrogen-bond donors (Lipinski definition) is 1. The van der Waals surface area contributed by atoms with E-state index in [1.807, 2.05) is 6.92 Å². The molecule has 1 aromatic heterocycles. The number of benzene rings is 1. The molecule has 6 nitrogen and oxygen atoms in total. The molecule has 2 aromatic rings. The van der Waals surface area contributed by atoms with Gasteiger partial charge in [-0.2, -0.15) is 4.31 Å². The van der Waals surface area contributed by atoms with E-state index in [1.165, 1.54) is 16.6 Å². The highest BCUT2D eigenvalue weighted by molar-refractivity contribution is 7.89. The second-order valence-electron chi connectivity index (χ2n) is 6.36. The number of nitrogens with zero attached hydrogens (tertiary/aromatic N) is 2. The van der Waals surface area contributed by atoms with Gasteiger partial charge in [-0.25, -0.2) is 13.4 Å². The van der Waals surface area contributed by atoms with Gasteiger partial charge < -0.3 is 0 Å². The minimum absolute atomic E-state index is 0.0372. The van der Waals surface area contributed by atoms with Crippen LogP contribution in [0, 0.1) is 6.92 Å². The first-order valence-electron chi connectivity index (χ1n) is 8.34. The van der Waals surface area contributed by atoms with Gasteiger partial charge in [0, 0.05) is 18.2 Å². The van der Waals surface area contributed by atoms with Gasteiger partial charge in [-0.05, 0) is 44.4 Å². The van der Waals surface area contributed by atoms with E-state index in [2.05, 4.69) is 10.3 Å². The zero-order valence-corrected chi connectivity index (χ0v) is 16.9. The number of thiazole rings is 1. The molecule has 0 spiro atoms. The number of nitrogens with one attached hydrogen (secondary N) is 1. The van der Waals surface area contributed by atoms with E-state index in [0.717, 1.165) is 30.6 Å². The lowest BCUT2D eigenvalue weighted by molar-refractivity contribution is 0.102. The number of anilines is 1. The van der Waals surface area contributed by atoms with Gasteiger partial charge in [0.1, 0.15) is 4.34 Å². The van der Waals surface area contributed by atoms with E-state index in [9.17, 15) is 13.2 Å². The third-order valence-corrected chi connectivity index (χ3v) is 7.54. The van der Waals surface area contributed by atoms with Crippen LogP contribution in [0.1, 0.15) is 42.1 Å². The highest BCUT2D eigenvalue weighted by Crippen LogP contribution is 2.27. The minimum Gasteiger partial charge on any atom is -0.298 e. The maximum atomic E-state index is 13.0. The van der Waals surface area contributed by atoms with Crippen LogP contribution in [0.25, 0.3) is 0 Å². The predicted octanol–water partition coefficient (Wildman–Crippen LogP) is 3.92. The Labute approximate surface area is 162 Å². The van der Waals surface area contributed by atoms with Gasteiger partial charge in [0.25, 0.3) is 5.91 Å². The summed E-state index contributed by atoms with van der Waals surface area (Å²) in [5.41, 5.74) is 0.998. The molecule has 1 amide bonds. The molecule has 1 unspecified atom stereocenters. The van der Waals surface area contributed by atoms with Crippen molar-refractivity contribution in [3.8, 4) is 0 Å². The van der Waals surface area contributed by atoms with Gasteiger partial charge >= 0.3 is 0 Å². The number of rotatable bonds is 4. The molecule has 2 heterocycles. The Morgan fingerprint density at radius 2 is 2.15 bits per heavy atom. The van der Waals surface area contributed by atoms with Crippen molar-refractivity contribution in [3.63, 3.8) is 0 Å². The lowest BCUT2D eigenvalue weighted by Gasteiger charge is -2.32. The van der Waals surface area contributed by atoms with Crippen LogP contribution in [0.2, 0.25) is 4.34 Å². The predicted molar refractivity (Wildman–Crippen MR) is 103 cm³/mol. The average molecular weight is 414 g/mol. The molecule has 1 atom stereocenters. The molecule has 140 valence electrons. The third kappa shape index (κ3) is 3.93. The summed E-state index contributed by atoms with van der Waals surface area (Å²) in [7, 11) is -3.63. The van der Waals surface area contributed by atoms with Crippen LogP contribution >= 0.6 is 22.9 Å². The molecule has 1 N–H and O–H groups in total. The fourth-order valence-corrected chi connectivity index (χ4v) is 5.58. The van der Waals surface area contributed by atoms with Crippen LogP contribution in [0.3, 0.4) is 0 Å². The molecule has 1 aliphatic rings. The molecular weight excluding hydrogens is 394 g/mol. The monoisotopic (exact) mass is 413 g/mol. The first kappa shape index (κ1) is 19.3. The van der Waals surface area contributed by atoms with Gasteiger partial charge in [-0.15, -0.1) is 0 Å². The molecule has 1 saturated heterocycles. The van der Waals surface area contributed by atoms with E-state index in [0.29, 0.717) is 27.1 Å². The summed E-state index contributed by atoms with van der Waals surface area (Å²) in [5.74, 6) is -0.405. The third-order valence-electron chi connectivity index (χ3n) is 4.50. The van der Waals surface area contributed by atoms with Crippen LogP contribution in [-0.4, -0.2) is 36.2 Å². The second kappa shape index (κ2) is 7.64. The number of sulfonamides is 1. The van der Waals surface area contributed by atoms with E-state index < -0.39 is 15.9 Å². The summed E-state index contributed by atoms with van der Waals surface area (Å²) in [6.07, 6.45) is 4.19. The summed E-state index contributed by atoms with van der Waals surface area (Å²) < 4.78 is 28.0. The van der Waals surface area contributed by atoms with Crippen molar-refractivity contribution in [1.82, 2.24) is 9.29 Å². The lowest BCUT2D eigenvalue weighted by atomic mass is 10.1. The molecule has 0 saturated carbocycles. The molecule has 9 heteroatoms. The smallest absolute Gasteiger partial charge is 0.257 e. The van der Waals surface area contributed by atoms with Crippen LogP contribution in [0.15, 0.2) is 29.3 Å². The molecule has 0 aliphatic carbocycles. The number of carbonyl (C=O) groups is 1. The fraction of sp³-hybridized carbons (Fsp3) is 0.412. The molecule has 1 aromatic carbocycles. The Bertz CT molecular complexity index is 927. The van der Waals surface area contributed by atoms with Gasteiger partial charge in [-0.3, -0.25) is 10.1 Å². The number of aromatic nitrogens is 1. The Kier molecular flexibility index (Phi) is 5.67. The number of halogens is 1. The minimum atomic E-state index is -3.63. The first-order valence-corrected chi connectivity index (χ1v) is 11.0. The fourth-order valence-electron chi connectivity index (χ4n) is 3.05. The molecule has 3 rings (SSSR count). The first-order chi connectivity index (χ1) is 12.3. The molecular formula is C17H20ClN3O3S2. The SMILES string of the molecule is Cc1ccc(S(=O)(=O)N2CCCCC2C)cc1C(=O)Nc1ncc(Cl)s1. The van der Waals surface area contributed by atoms with E-state index in [-0.39, 0.29) is 10.9 Å². The molecule has 26 heavy (non-hydrogen) atoms. The van der Waals surface area contributed by atoms with Crippen molar-refractivity contribution in [2.75, 3.05) is 11.9 Å². The highest BCUT2D eigenvalue weighted by Gasteiger charge is 2.31. The standard InChI is InChI=1S/C17H20ClN3O3S2/c1-11-6-7-13(26(23,24)21-8-4-3-5-12(21)2)9-14(11)16(22)20-17-19-10-15(18)25-17/h6-7,9-10,12H,3-5,8H2,1-2H3,(H,19,20,22). The summed E-state index contributed by atoms with van der Waals surface area (Å²) >= 11 is 6.97. The van der Waals surface area contributed by atoms with Crippen LogP contribution in [0.4, 0.5) is 5.13 Å². The maximum Gasteiger partial charge on any atom is 0.257 e. The van der Waals surface area contributed by atoms with E-state index in [4.69, 9.17) is 11.6 Å². The largest absolute Gasteiger partial charge is 0.298 e. The lowest BCUT2D eigenvalue weighted by Crippen LogP contribution is -2.42. The zero-order valence-electron chi connectivity index (χ0n) is 14.5. The quantitative estimate of drug-likeness (QED) is 0.823. The average Bonchev–Trinajstić information content (AvgIpc) is 3.00. The molecule has 1 fully saturated rings. The zero-order chi connectivity index (χ0) is 18.9. The van der Waals surface area contributed by atoms with Gasteiger partial charge in [0.05, 0.1) is 11.1 Å². The summed E-state index contributed by atoms with van der Waals surface area (Å²) in [6.45, 7) is 4.20. The molecule has 0 bridgehead atoms. The topological polar surface area (TPSA) is 79.4 Å².